The van der Waals surface area contributed by atoms with E-state index < -0.39 is 21.2 Å². The zero-order valence-electron chi connectivity index (χ0n) is 13.5. The molecule has 1 aromatic rings. The average Bonchev–Trinajstić information content (AvgIpc) is 3.04. The molecule has 0 amide bonds. The molecule has 1 saturated carbocycles. The summed E-state index contributed by atoms with van der Waals surface area (Å²) >= 11 is 0. The van der Waals surface area contributed by atoms with Gasteiger partial charge in [0, 0.05) is 0 Å². The van der Waals surface area contributed by atoms with Crippen LogP contribution in [0.4, 0.5) is 0 Å². The number of aryl methyl sites for hydroxylation is 1. The van der Waals surface area contributed by atoms with Crippen LogP contribution < -0.4 is 0 Å². The third-order valence-corrected chi connectivity index (χ3v) is 7.39. The fraction of sp³-hybridized carbons (Fsp3) is 0.647. The highest BCUT2D eigenvalue weighted by atomic mass is 32.2. The van der Waals surface area contributed by atoms with Gasteiger partial charge in [0.05, 0.1) is 22.1 Å². The number of benzene rings is 1. The van der Waals surface area contributed by atoms with Gasteiger partial charge < -0.3 is 5.11 Å². The molecular formula is C17H25NO3S. The first-order valence-corrected chi connectivity index (χ1v) is 9.53. The second-order valence-corrected chi connectivity index (χ2v) is 8.90. The van der Waals surface area contributed by atoms with E-state index in [9.17, 15) is 13.5 Å². The van der Waals surface area contributed by atoms with Crippen LogP contribution in [0.2, 0.25) is 0 Å². The zero-order valence-corrected chi connectivity index (χ0v) is 14.4. The molecular weight excluding hydrogens is 298 g/mol. The van der Waals surface area contributed by atoms with E-state index in [0.29, 0.717) is 17.7 Å². The van der Waals surface area contributed by atoms with Gasteiger partial charge in [-0.15, -0.1) is 0 Å². The number of hydrogen-bond donors (Lipinski definition) is 1. The minimum absolute atomic E-state index is 0.266. The standard InChI is InChI=1S/C17H25NO3S/c1-4-5-10-17(19)12-11-16(3)15(17)18(16)22(20,21)14-8-6-13(2)7-9-14/h6-9,15,19H,4-5,10-12H2,1-3H3/t15-,16-,17+,18?/m0/s1. The summed E-state index contributed by atoms with van der Waals surface area (Å²) in [5, 5.41) is 10.9. The van der Waals surface area contributed by atoms with Gasteiger partial charge in [-0.05, 0) is 45.2 Å². The molecule has 1 aliphatic carbocycles. The molecule has 5 heteroatoms. The smallest absolute Gasteiger partial charge is 0.244 e. The molecule has 22 heavy (non-hydrogen) atoms. The maximum atomic E-state index is 12.9. The van der Waals surface area contributed by atoms with Crippen molar-refractivity contribution >= 4 is 10.0 Å². The molecule has 1 aliphatic heterocycles. The molecule has 3 rings (SSSR count). The number of hydrogen-bond acceptors (Lipinski definition) is 3. The highest BCUT2D eigenvalue weighted by Gasteiger charge is 2.75. The molecule has 1 N–H and O–H groups in total. The van der Waals surface area contributed by atoms with E-state index in [0.717, 1.165) is 24.8 Å². The van der Waals surface area contributed by atoms with Crippen molar-refractivity contribution in [1.82, 2.24) is 4.31 Å². The van der Waals surface area contributed by atoms with Crippen LogP contribution in [0.1, 0.15) is 51.5 Å². The second kappa shape index (κ2) is 5.05. The van der Waals surface area contributed by atoms with Crippen molar-refractivity contribution in [2.24, 2.45) is 0 Å². The molecule has 0 aromatic heterocycles. The van der Waals surface area contributed by atoms with Crippen LogP contribution >= 0.6 is 0 Å². The van der Waals surface area contributed by atoms with E-state index in [1.807, 2.05) is 26.0 Å². The molecule has 122 valence electrons. The first-order valence-electron chi connectivity index (χ1n) is 8.09. The summed E-state index contributed by atoms with van der Waals surface area (Å²) in [5.74, 6) is 0. The maximum absolute atomic E-state index is 12.9. The zero-order chi connectivity index (χ0) is 16.2. The average molecular weight is 323 g/mol. The molecule has 0 bridgehead atoms. The molecule has 0 radical (unpaired) electrons. The minimum Gasteiger partial charge on any atom is -0.388 e. The summed E-state index contributed by atoms with van der Waals surface area (Å²) in [4.78, 5) is 0.326. The molecule has 0 spiro atoms. The Hall–Kier alpha value is -0.910. The summed E-state index contributed by atoms with van der Waals surface area (Å²) in [6, 6.07) is 6.69. The highest BCUT2D eigenvalue weighted by molar-refractivity contribution is 7.89. The van der Waals surface area contributed by atoms with Gasteiger partial charge in [-0.2, -0.15) is 4.31 Å². The van der Waals surface area contributed by atoms with Gasteiger partial charge in [-0.3, -0.25) is 0 Å². The molecule has 4 nitrogen and oxygen atoms in total. The Bertz CT molecular complexity index is 670. The Morgan fingerprint density at radius 3 is 2.50 bits per heavy atom. The second-order valence-electron chi connectivity index (χ2n) is 7.08. The first-order chi connectivity index (χ1) is 10.3. The Balaban J connectivity index is 1.89. The summed E-state index contributed by atoms with van der Waals surface area (Å²) in [6.07, 6.45) is 4.07. The van der Waals surface area contributed by atoms with Crippen molar-refractivity contribution in [3.63, 3.8) is 0 Å². The van der Waals surface area contributed by atoms with Crippen molar-refractivity contribution in [1.29, 1.82) is 0 Å². The Morgan fingerprint density at radius 1 is 1.27 bits per heavy atom. The number of unbranched alkanes of at least 4 members (excludes halogenated alkanes) is 1. The lowest BCUT2D eigenvalue weighted by Gasteiger charge is -2.26. The van der Waals surface area contributed by atoms with Crippen molar-refractivity contribution in [3.05, 3.63) is 29.8 Å². The predicted molar refractivity (Wildman–Crippen MR) is 86.1 cm³/mol. The largest absolute Gasteiger partial charge is 0.388 e. The topological polar surface area (TPSA) is 57.4 Å². The van der Waals surface area contributed by atoms with Crippen LogP contribution in [0.5, 0.6) is 0 Å². The third-order valence-electron chi connectivity index (χ3n) is 5.37. The van der Waals surface area contributed by atoms with Gasteiger partial charge in [0.2, 0.25) is 10.0 Å². The molecule has 2 aliphatic rings. The molecule has 1 saturated heterocycles. The third kappa shape index (κ3) is 2.22. The number of nitrogens with zero attached hydrogens (tertiary/aromatic N) is 1. The summed E-state index contributed by atoms with van der Waals surface area (Å²) in [5.41, 5.74) is -0.232. The molecule has 4 atom stereocenters. The molecule has 2 fully saturated rings. The van der Waals surface area contributed by atoms with E-state index in [-0.39, 0.29) is 6.04 Å². The van der Waals surface area contributed by atoms with Crippen LogP contribution in [-0.2, 0) is 10.0 Å². The van der Waals surface area contributed by atoms with E-state index in [1.54, 1.807) is 16.4 Å². The summed E-state index contributed by atoms with van der Waals surface area (Å²) < 4.78 is 27.3. The van der Waals surface area contributed by atoms with Crippen LogP contribution in [-0.4, -0.2) is 35.0 Å². The lowest BCUT2D eigenvalue weighted by molar-refractivity contribution is 0.0228. The monoisotopic (exact) mass is 323 g/mol. The summed E-state index contributed by atoms with van der Waals surface area (Å²) in [7, 11) is -3.52. The van der Waals surface area contributed by atoms with Gasteiger partial charge in [0.25, 0.3) is 0 Å². The van der Waals surface area contributed by atoms with Gasteiger partial charge in [-0.1, -0.05) is 37.5 Å². The quantitative estimate of drug-likeness (QED) is 0.848. The van der Waals surface area contributed by atoms with Crippen LogP contribution in [0.25, 0.3) is 0 Å². The SMILES string of the molecule is CCCC[C@@]1(O)CC[C@@]2(C)[C@@H]1N2S(=O)(=O)c1ccc(C)cc1. The van der Waals surface area contributed by atoms with Crippen molar-refractivity contribution in [2.75, 3.05) is 0 Å². The van der Waals surface area contributed by atoms with Crippen molar-refractivity contribution < 1.29 is 13.5 Å². The van der Waals surface area contributed by atoms with Crippen LogP contribution in [0, 0.1) is 6.92 Å². The lowest BCUT2D eigenvalue weighted by Crippen LogP contribution is -2.37. The maximum Gasteiger partial charge on any atom is 0.244 e. The molecule has 1 heterocycles. The lowest BCUT2D eigenvalue weighted by atomic mass is 9.93. The number of fused-ring (bicyclic) bond motifs is 1. The first kappa shape index (κ1) is 16.0. The van der Waals surface area contributed by atoms with Gasteiger partial charge in [0.1, 0.15) is 0 Å². The van der Waals surface area contributed by atoms with E-state index in [2.05, 4.69) is 6.92 Å². The molecule has 1 aromatic carbocycles. The Kier molecular flexibility index (Phi) is 3.66. The van der Waals surface area contributed by atoms with E-state index in [1.165, 1.54) is 0 Å². The van der Waals surface area contributed by atoms with Gasteiger partial charge >= 0.3 is 0 Å². The number of rotatable bonds is 5. The summed E-state index contributed by atoms with van der Waals surface area (Å²) in [6.45, 7) is 5.99. The van der Waals surface area contributed by atoms with Crippen molar-refractivity contribution in [3.8, 4) is 0 Å². The van der Waals surface area contributed by atoms with Gasteiger partial charge in [-0.25, -0.2) is 8.42 Å². The van der Waals surface area contributed by atoms with Crippen molar-refractivity contribution in [2.45, 2.75) is 75.0 Å². The Labute approximate surface area is 133 Å². The Morgan fingerprint density at radius 2 is 1.91 bits per heavy atom. The minimum atomic E-state index is -3.52. The highest BCUT2D eigenvalue weighted by Crippen LogP contribution is 2.61. The number of piperidine rings is 1. The van der Waals surface area contributed by atoms with E-state index in [4.69, 9.17) is 0 Å². The fourth-order valence-electron chi connectivity index (χ4n) is 4.03. The van der Waals surface area contributed by atoms with Crippen LogP contribution in [0.15, 0.2) is 29.2 Å². The van der Waals surface area contributed by atoms with E-state index >= 15 is 0 Å². The number of aliphatic hydroxyl groups is 1. The molecule has 1 unspecified atom stereocenters. The van der Waals surface area contributed by atoms with Crippen LogP contribution in [0.3, 0.4) is 0 Å². The fourth-order valence-corrected chi connectivity index (χ4v) is 6.13. The normalized spacial score (nSPS) is 37.1. The number of sulfonamides is 1. The predicted octanol–water partition coefficient (Wildman–Crippen LogP) is 2.84. The van der Waals surface area contributed by atoms with Gasteiger partial charge in [0.15, 0.2) is 0 Å².